The molecule has 20 heavy (non-hydrogen) atoms. The van der Waals surface area contributed by atoms with E-state index in [1.54, 1.807) is 0 Å². The summed E-state index contributed by atoms with van der Waals surface area (Å²) >= 11 is 0. The van der Waals surface area contributed by atoms with E-state index in [-0.39, 0.29) is 6.61 Å². The molecule has 8 heteroatoms. The summed E-state index contributed by atoms with van der Waals surface area (Å²) in [6, 6.07) is -0.488. The predicted molar refractivity (Wildman–Crippen MR) is 65.0 cm³/mol. The SMILES string of the molecule is CO[C@@H]1C(COC(C)=O)O[C@H]2OC=N[C@H]2C1OC(C)=O. The maximum Gasteiger partial charge on any atom is 0.303 e. The number of ether oxygens (including phenoxy) is 5. The zero-order valence-electron chi connectivity index (χ0n) is 11.5. The predicted octanol–water partition coefficient (Wildman–Crippen LogP) is -0.352. The fourth-order valence-corrected chi connectivity index (χ4v) is 2.27. The molecule has 0 spiro atoms. The van der Waals surface area contributed by atoms with Crippen molar-refractivity contribution in [2.24, 2.45) is 4.99 Å². The zero-order chi connectivity index (χ0) is 14.7. The van der Waals surface area contributed by atoms with E-state index in [9.17, 15) is 9.59 Å². The van der Waals surface area contributed by atoms with Crippen LogP contribution >= 0.6 is 0 Å². The Bertz CT molecular complexity index is 411. The second-order valence-corrected chi connectivity index (χ2v) is 4.50. The highest BCUT2D eigenvalue weighted by atomic mass is 16.7. The molecule has 0 saturated carbocycles. The van der Waals surface area contributed by atoms with Crippen molar-refractivity contribution in [3.63, 3.8) is 0 Å². The number of rotatable bonds is 4. The molecule has 0 aromatic rings. The second kappa shape index (κ2) is 6.19. The minimum atomic E-state index is -0.675. The lowest BCUT2D eigenvalue weighted by Crippen LogP contribution is -2.59. The molecule has 0 N–H and O–H groups in total. The topological polar surface area (TPSA) is 92.7 Å². The molecule has 1 fully saturated rings. The highest BCUT2D eigenvalue weighted by Crippen LogP contribution is 2.30. The van der Waals surface area contributed by atoms with E-state index in [4.69, 9.17) is 23.7 Å². The molecule has 8 nitrogen and oxygen atoms in total. The van der Waals surface area contributed by atoms with Crippen LogP contribution in [0.1, 0.15) is 13.8 Å². The largest absolute Gasteiger partial charge is 0.463 e. The van der Waals surface area contributed by atoms with Crippen LogP contribution in [0.25, 0.3) is 0 Å². The zero-order valence-corrected chi connectivity index (χ0v) is 11.5. The first-order chi connectivity index (χ1) is 9.52. The number of aliphatic imine (C=N–C) groups is 1. The van der Waals surface area contributed by atoms with Gasteiger partial charge in [0.1, 0.15) is 18.8 Å². The Balaban J connectivity index is 2.13. The molecule has 2 aliphatic heterocycles. The van der Waals surface area contributed by atoms with Gasteiger partial charge in [0.15, 0.2) is 18.5 Å². The second-order valence-electron chi connectivity index (χ2n) is 4.50. The first kappa shape index (κ1) is 14.7. The highest BCUT2D eigenvalue weighted by molar-refractivity contribution is 5.66. The van der Waals surface area contributed by atoms with Crippen molar-refractivity contribution in [2.45, 2.75) is 44.5 Å². The van der Waals surface area contributed by atoms with Gasteiger partial charge >= 0.3 is 11.9 Å². The minimum Gasteiger partial charge on any atom is -0.463 e. The van der Waals surface area contributed by atoms with E-state index in [1.807, 2.05) is 0 Å². The Labute approximate surface area is 116 Å². The number of methoxy groups -OCH3 is 1. The van der Waals surface area contributed by atoms with Crippen molar-refractivity contribution in [3.8, 4) is 0 Å². The molecular formula is C12H17NO7. The van der Waals surface area contributed by atoms with Gasteiger partial charge in [-0.3, -0.25) is 9.59 Å². The summed E-state index contributed by atoms with van der Waals surface area (Å²) in [5.41, 5.74) is 0. The summed E-state index contributed by atoms with van der Waals surface area (Å²) in [5, 5.41) is 0. The summed E-state index contributed by atoms with van der Waals surface area (Å²) in [4.78, 5) is 26.2. The van der Waals surface area contributed by atoms with Crippen LogP contribution in [0.5, 0.6) is 0 Å². The van der Waals surface area contributed by atoms with Gasteiger partial charge in [-0.05, 0) is 0 Å². The number of nitrogens with zero attached hydrogens (tertiary/aromatic N) is 1. The van der Waals surface area contributed by atoms with Crippen molar-refractivity contribution >= 4 is 18.3 Å². The van der Waals surface area contributed by atoms with Gasteiger partial charge in [0.25, 0.3) is 0 Å². The molecule has 5 atom stereocenters. The van der Waals surface area contributed by atoms with Crippen LogP contribution in [0.4, 0.5) is 0 Å². The number of hydrogen-bond acceptors (Lipinski definition) is 8. The average Bonchev–Trinajstić information content (AvgIpc) is 2.83. The van der Waals surface area contributed by atoms with Crippen molar-refractivity contribution in [3.05, 3.63) is 0 Å². The third kappa shape index (κ3) is 3.07. The number of carbonyl (C=O) groups excluding carboxylic acids is 2. The molecule has 1 saturated heterocycles. The van der Waals surface area contributed by atoms with Crippen LogP contribution in [0, 0.1) is 0 Å². The molecule has 0 aromatic carbocycles. The van der Waals surface area contributed by atoms with Crippen molar-refractivity contribution < 1.29 is 33.3 Å². The molecule has 0 aliphatic carbocycles. The van der Waals surface area contributed by atoms with Crippen LogP contribution in [0.3, 0.4) is 0 Å². The van der Waals surface area contributed by atoms with Gasteiger partial charge < -0.3 is 23.7 Å². The van der Waals surface area contributed by atoms with Gasteiger partial charge in [-0.25, -0.2) is 4.99 Å². The monoisotopic (exact) mass is 287 g/mol. The van der Waals surface area contributed by atoms with Crippen molar-refractivity contribution in [2.75, 3.05) is 13.7 Å². The fraction of sp³-hybridized carbons (Fsp3) is 0.750. The third-order valence-electron chi connectivity index (χ3n) is 3.07. The Hall–Kier alpha value is -1.67. The first-order valence-corrected chi connectivity index (χ1v) is 6.19. The van der Waals surface area contributed by atoms with E-state index in [0.29, 0.717) is 0 Å². The number of hydrogen-bond donors (Lipinski definition) is 0. The summed E-state index contributed by atoms with van der Waals surface area (Å²) in [7, 11) is 1.46. The Morgan fingerprint density at radius 1 is 1.25 bits per heavy atom. The Kier molecular flexibility index (Phi) is 4.56. The number of fused-ring (bicyclic) bond motifs is 1. The molecular weight excluding hydrogens is 270 g/mol. The van der Waals surface area contributed by atoms with Crippen molar-refractivity contribution in [1.29, 1.82) is 0 Å². The molecule has 112 valence electrons. The number of carbonyl (C=O) groups is 2. The van der Waals surface area contributed by atoms with Crippen LogP contribution in [0.2, 0.25) is 0 Å². The average molecular weight is 287 g/mol. The van der Waals surface area contributed by atoms with Gasteiger partial charge in [-0.15, -0.1) is 0 Å². The van der Waals surface area contributed by atoms with Gasteiger partial charge in [0.2, 0.25) is 6.29 Å². The third-order valence-corrected chi connectivity index (χ3v) is 3.07. The molecule has 2 aliphatic rings. The van der Waals surface area contributed by atoms with E-state index in [0.717, 1.165) is 0 Å². The summed E-state index contributed by atoms with van der Waals surface area (Å²) in [6.45, 7) is 2.59. The Morgan fingerprint density at radius 3 is 2.60 bits per heavy atom. The van der Waals surface area contributed by atoms with E-state index >= 15 is 0 Å². The lowest BCUT2D eigenvalue weighted by molar-refractivity contribution is -0.247. The maximum atomic E-state index is 11.2. The van der Waals surface area contributed by atoms with Crippen LogP contribution < -0.4 is 0 Å². The van der Waals surface area contributed by atoms with Crippen molar-refractivity contribution in [1.82, 2.24) is 0 Å². The van der Waals surface area contributed by atoms with E-state index in [2.05, 4.69) is 4.99 Å². The van der Waals surface area contributed by atoms with E-state index in [1.165, 1.54) is 27.4 Å². The summed E-state index contributed by atoms with van der Waals surface area (Å²) < 4.78 is 26.4. The van der Waals surface area contributed by atoms with Crippen LogP contribution in [-0.2, 0) is 33.3 Å². The molecule has 0 radical (unpaired) electrons. The Morgan fingerprint density at radius 2 is 2.00 bits per heavy atom. The van der Waals surface area contributed by atoms with Crippen LogP contribution in [-0.4, -0.2) is 62.7 Å². The minimum absolute atomic E-state index is 0.0157. The molecule has 0 amide bonds. The molecule has 0 bridgehead atoms. The lowest BCUT2D eigenvalue weighted by atomic mass is 9.97. The van der Waals surface area contributed by atoms with E-state index < -0.39 is 42.6 Å². The molecule has 2 rings (SSSR count). The number of esters is 2. The summed E-state index contributed by atoms with van der Waals surface area (Å²) in [5.74, 6) is -0.885. The summed E-state index contributed by atoms with van der Waals surface area (Å²) in [6.07, 6.45) is -1.27. The molecule has 0 aromatic heterocycles. The molecule has 2 unspecified atom stereocenters. The van der Waals surface area contributed by atoms with Gasteiger partial charge in [0, 0.05) is 21.0 Å². The van der Waals surface area contributed by atoms with Crippen LogP contribution in [0.15, 0.2) is 4.99 Å². The highest BCUT2D eigenvalue weighted by Gasteiger charge is 2.51. The molecule has 2 heterocycles. The normalized spacial score (nSPS) is 35.0. The quantitative estimate of drug-likeness (QED) is 0.652. The maximum absolute atomic E-state index is 11.2. The lowest BCUT2D eigenvalue weighted by Gasteiger charge is -2.40. The van der Waals surface area contributed by atoms with Gasteiger partial charge in [-0.1, -0.05) is 0 Å². The fourth-order valence-electron chi connectivity index (χ4n) is 2.27. The van der Waals surface area contributed by atoms with Gasteiger partial charge in [0.05, 0.1) is 0 Å². The smallest absolute Gasteiger partial charge is 0.303 e. The first-order valence-electron chi connectivity index (χ1n) is 6.19. The standard InChI is InChI=1S/C12H17NO7/c1-6(14)17-4-8-10(16-3)11(19-7(2)15)9-12(20-8)18-5-13-9/h5,8-12H,4H2,1-3H3/t8?,9-,10+,11?,12+/m0/s1. The van der Waals surface area contributed by atoms with Gasteiger partial charge in [-0.2, -0.15) is 0 Å².